The number of benzene rings is 4. The Morgan fingerprint density at radius 1 is 0.356 bits per heavy atom. The van der Waals surface area contributed by atoms with Crippen LogP contribution in [0.5, 0.6) is 0 Å². The van der Waals surface area contributed by atoms with E-state index in [0.29, 0.717) is 12.1 Å². The fourth-order valence-corrected chi connectivity index (χ4v) is 7.51. The van der Waals surface area contributed by atoms with Gasteiger partial charge in [0.2, 0.25) is 0 Å². The lowest BCUT2D eigenvalue weighted by molar-refractivity contribution is 0.133. The zero-order chi connectivity index (χ0) is 30.5. The highest BCUT2D eigenvalue weighted by molar-refractivity contribution is 5.25. The molecular weight excluding hydrogens is 548 g/mol. The van der Waals surface area contributed by atoms with E-state index in [1.807, 2.05) is 0 Å². The van der Waals surface area contributed by atoms with Crippen molar-refractivity contribution in [2.45, 2.75) is 44.2 Å². The third-order valence-corrected chi connectivity index (χ3v) is 9.99. The first-order chi connectivity index (χ1) is 22.3. The quantitative estimate of drug-likeness (QED) is 0.210. The van der Waals surface area contributed by atoms with Crippen LogP contribution in [0.3, 0.4) is 0 Å². The summed E-state index contributed by atoms with van der Waals surface area (Å²) in [5.74, 6) is 0. The standard InChI is InChI=1S/C41H52N4/c1-5-16-36(17-6-1)34-40(38-20-9-3-10-21-38)44-28-14-26-43-25-13-24-42(30-32-44)27-15-29-45(33-31-43)41(39-22-11-4-12-23-39)35-37-18-7-2-8-19-37/h1-12,16-23,40-41H,13-15,24-35H2. The van der Waals surface area contributed by atoms with Crippen molar-refractivity contribution < 1.29 is 0 Å². The molecule has 4 atom stereocenters. The molecule has 2 bridgehead atoms. The summed E-state index contributed by atoms with van der Waals surface area (Å²) in [5, 5.41) is 0. The molecule has 0 aliphatic carbocycles. The van der Waals surface area contributed by atoms with E-state index in [4.69, 9.17) is 0 Å². The average Bonchev–Trinajstić information content (AvgIpc) is 3.17. The number of hydrogen-bond donors (Lipinski definition) is 0. The highest BCUT2D eigenvalue weighted by atomic mass is 15.2. The Morgan fingerprint density at radius 3 is 1.07 bits per heavy atom. The fourth-order valence-electron chi connectivity index (χ4n) is 7.51. The van der Waals surface area contributed by atoms with Gasteiger partial charge in [0.25, 0.3) is 0 Å². The fraction of sp³-hybridized carbons (Fsp3) is 0.415. The van der Waals surface area contributed by atoms with E-state index in [0.717, 1.165) is 52.1 Å². The Balaban J connectivity index is 1.20. The molecule has 2 aliphatic heterocycles. The lowest BCUT2D eigenvalue weighted by Gasteiger charge is -2.36. The van der Waals surface area contributed by atoms with Gasteiger partial charge >= 0.3 is 0 Å². The maximum atomic E-state index is 2.81. The van der Waals surface area contributed by atoms with Crippen molar-refractivity contribution in [2.75, 3.05) is 65.4 Å². The maximum Gasteiger partial charge on any atom is 0.0388 e. The second kappa shape index (κ2) is 16.9. The van der Waals surface area contributed by atoms with Crippen LogP contribution in [0, 0.1) is 0 Å². The van der Waals surface area contributed by atoms with Crippen molar-refractivity contribution in [3.63, 3.8) is 0 Å². The highest BCUT2D eigenvalue weighted by Crippen LogP contribution is 2.28. The topological polar surface area (TPSA) is 13.0 Å². The summed E-state index contributed by atoms with van der Waals surface area (Å²) >= 11 is 0. The van der Waals surface area contributed by atoms with Gasteiger partial charge in [-0.2, -0.15) is 0 Å². The van der Waals surface area contributed by atoms with Crippen molar-refractivity contribution >= 4 is 0 Å². The number of fused-ring (bicyclic) bond motifs is 4. The summed E-state index contributed by atoms with van der Waals surface area (Å²) in [7, 11) is 0. The molecular formula is C41H52N4. The van der Waals surface area contributed by atoms with E-state index in [1.165, 1.54) is 67.7 Å². The largest absolute Gasteiger partial charge is 0.302 e. The second-order valence-corrected chi connectivity index (χ2v) is 13.0. The van der Waals surface area contributed by atoms with Gasteiger partial charge in [-0.15, -0.1) is 0 Å². The molecule has 0 N–H and O–H groups in total. The lowest BCUT2D eigenvalue weighted by atomic mass is 9.96. The minimum atomic E-state index is 0.401. The monoisotopic (exact) mass is 600 g/mol. The third kappa shape index (κ3) is 9.37. The van der Waals surface area contributed by atoms with E-state index >= 15 is 0 Å². The predicted octanol–water partition coefficient (Wildman–Crippen LogP) is 7.36. The van der Waals surface area contributed by atoms with Gasteiger partial charge in [-0.3, -0.25) is 9.80 Å². The molecule has 236 valence electrons. The Labute approximate surface area is 272 Å². The van der Waals surface area contributed by atoms with Crippen LogP contribution in [0.15, 0.2) is 121 Å². The number of rotatable bonds is 8. The molecule has 0 spiro atoms. The third-order valence-electron chi connectivity index (χ3n) is 9.99. The van der Waals surface area contributed by atoms with Gasteiger partial charge in [-0.1, -0.05) is 121 Å². The predicted molar refractivity (Wildman–Crippen MR) is 189 cm³/mol. The number of hydrogen-bond acceptors (Lipinski definition) is 4. The molecule has 2 heterocycles. The van der Waals surface area contributed by atoms with Crippen molar-refractivity contribution in [2.24, 2.45) is 0 Å². The van der Waals surface area contributed by atoms with Gasteiger partial charge in [0.05, 0.1) is 0 Å². The van der Waals surface area contributed by atoms with Crippen molar-refractivity contribution in [1.82, 2.24) is 19.6 Å². The molecule has 0 saturated carbocycles. The molecule has 0 aromatic heterocycles. The van der Waals surface area contributed by atoms with Crippen molar-refractivity contribution in [3.8, 4) is 0 Å². The van der Waals surface area contributed by atoms with E-state index in [9.17, 15) is 0 Å². The average molecular weight is 601 g/mol. The molecule has 4 aromatic rings. The molecule has 2 fully saturated rings. The van der Waals surface area contributed by atoms with Crippen LogP contribution in [-0.2, 0) is 12.8 Å². The Morgan fingerprint density at radius 2 is 0.689 bits per heavy atom. The first-order valence-electron chi connectivity index (χ1n) is 17.4. The maximum absolute atomic E-state index is 2.81. The van der Waals surface area contributed by atoms with Crippen LogP contribution in [0.2, 0.25) is 0 Å². The van der Waals surface area contributed by atoms with Gasteiger partial charge in [0.15, 0.2) is 0 Å². The van der Waals surface area contributed by atoms with E-state index in [2.05, 4.69) is 141 Å². The molecule has 0 radical (unpaired) electrons. The van der Waals surface area contributed by atoms with Gasteiger partial charge < -0.3 is 9.80 Å². The summed E-state index contributed by atoms with van der Waals surface area (Å²) in [4.78, 5) is 11.2. The molecule has 4 unspecified atom stereocenters. The SMILES string of the molecule is c1ccc(CC(c2ccccc2)N2CCCN3CCCN(CCCN(C(Cc4ccccc4)c4ccccc4)CC3)CC2)cc1. The summed E-state index contributed by atoms with van der Waals surface area (Å²) in [6.07, 6.45) is 5.81. The minimum absolute atomic E-state index is 0.401. The van der Waals surface area contributed by atoms with Gasteiger partial charge in [-0.25, -0.2) is 0 Å². The summed E-state index contributed by atoms with van der Waals surface area (Å²) < 4.78 is 0. The molecule has 45 heavy (non-hydrogen) atoms. The zero-order valence-electron chi connectivity index (χ0n) is 27.1. The highest BCUT2D eigenvalue weighted by Gasteiger charge is 2.25. The van der Waals surface area contributed by atoms with Gasteiger partial charge in [0.1, 0.15) is 0 Å². The Bertz CT molecular complexity index is 1260. The number of nitrogens with zero attached hydrogens (tertiary/aromatic N) is 4. The van der Waals surface area contributed by atoms with E-state index in [1.54, 1.807) is 0 Å². The second-order valence-electron chi connectivity index (χ2n) is 13.0. The van der Waals surface area contributed by atoms with Crippen molar-refractivity contribution in [3.05, 3.63) is 144 Å². The smallest absolute Gasteiger partial charge is 0.0388 e. The summed E-state index contributed by atoms with van der Waals surface area (Å²) in [6, 6.07) is 45.6. The molecule has 0 amide bonds. The van der Waals surface area contributed by atoms with Crippen LogP contribution in [0.1, 0.15) is 53.6 Å². The summed E-state index contributed by atoms with van der Waals surface area (Å²) in [6.45, 7) is 11.6. The molecule has 2 saturated heterocycles. The van der Waals surface area contributed by atoms with Gasteiger partial charge in [0, 0.05) is 51.4 Å². The first-order valence-corrected chi connectivity index (χ1v) is 17.4. The van der Waals surface area contributed by atoms with Crippen LogP contribution in [0.4, 0.5) is 0 Å². The van der Waals surface area contributed by atoms with E-state index in [-0.39, 0.29) is 0 Å². The Kier molecular flexibility index (Phi) is 11.9. The zero-order valence-corrected chi connectivity index (χ0v) is 27.1. The first kappa shape index (κ1) is 31.7. The minimum Gasteiger partial charge on any atom is -0.302 e. The van der Waals surface area contributed by atoms with Crippen molar-refractivity contribution in [1.29, 1.82) is 0 Å². The molecule has 4 nitrogen and oxygen atoms in total. The molecule has 6 rings (SSSR count). The molecule has 4 aromatic carbocycles. The van der Waals surface area contributed by atoms with E-state index < -0.39 is 0 Å². The normalized spacial score (nSPS) is 22.2. The van der Waals surface area contributed by atoms with Gasteiger partial charge in [-0.05, 0) is 80.5 Å². The van der Waals surface area contributed by atoms with Crippen LogP contribution in [-0.4, -0.2) is 85.0 Å². The Hall–Kier alpha value is -3.28. The van der Waals surface area contributed by atoms with Crippen LogP contribution in [0.25, 0.3) is 0 Å². The van der Waals surface area contributed by atoms with Crippen LogP contribution < -0.4 is 0 Å². The molecule has 4 heteroatoms. The summed E-state index contributed by atoms with van der Waals surface area (Å²) in [5.41, 5.74) is 5.75. The lowest BCUT2D eigenvalue weighted by Crippen LogP contribution is -2.42. The molecule has 2 aliphatic rings. The van der Waals surface area contributed by atoms with Crippen LogP contribution >= 0.6 is 0 Å².